The Hall–Kier alpha value is -2.76. The molecule has 0 spiro atoms. The van der Waals surface area contributed by atoms with Crippen molar-refractivity contribution in [2.75, 3.05) is 39.6 Å². The first kappa shape index (κ1) is 26.3. The zero-order chi connectivity index (χ0) is 25.5. The van der Waals surface area contributed by atoms with Crippen molar-refractivity contribution < 1.29 is 19.0 Å². The number of rotatable bonds is 12. The van der Waals surface area contributed by atoms with Crippen molar-refractivity contribution in [2.24, 2.45) is 0 Å². The summed E-state index contributed by atoms with van der Waals surface area (Å²) in [6, 6.07) is 3.03. The lowest BCUT2D eigenvalue weighted by Crippen LogP contribution is -2.32. The van der Waals surface area contributed by atoms with Crippen LogP contribution in [0.3, 0.4) is 0 Å². The third-order valence-corrected chi connectivity index (χ3v) is 7.95. The summed E-state index contributed by atoms with van der Waals surface area (Å²) in [4.78, 5) is 24.0. The molecule has 0 radical (unpaired) electrons. The molecule has 1 saturated heterocycles. The molecule has 0 aromatic carbocycles. The molecule has 3 aromatic rings. The molecule has 0 amide bonds. The van der Waals surface area contributed by atoms with Crippen molar-refractivity contribution in [3.05, 3.63) is 30.2 Å². The molecule has 3 aromatic heterocycles. The zero-order valence-corrected chi connectivity index (χ0v) is 22.9. The molecule has 0 bridgehead atoms. The van der Waals surface area contributed by atoms with Gasteiger partial charge in [0.25, 0.3) is 5.95 Å². The second-order valence-corrected chi connectivity index (χ2v) is 16.0. The number of hydrogen-bond acceptors (Lipinski definition) is 8. The second-order valence-electron chi connectivity index (χ2n) is 10.3. The number of carbonyl (C=O) groups excluding carboxylic acids is 1. The van der Waals surface area contributed by atoms with Gasteiger partial charge < -0.3 is 23.7 Å². The van der Waals surface area contributed by atoms with E-state index < -0.39 is 14.0 Å². The Morgan fingerprint density at radius 2 is 1.92 bits per heavy atom. The van der Waals surface area contributed by atoms with Crippen LogP contribution >= 0.6 is 0 Å². The minimum atomic E-state index is -1.19. The molecular weight excluding hydrogens is 476 g/mol. The second kappa shape index (κ2) is 12.0. The van der Waals surface area contributed by atoms with Gasteiger partial charge >= 0.3 is 5.97 Å². The smallest absolute Gasteiger partial charge is 0.341 e. The molecule has 1 aliphatic heterocycles. The van der Waals surface area contributed by atoms with Crippen LogP contribution in [-0.4, -0.2) is 82.9 Å². The number of carbonyl (C=O) groups is 1. The van der Waals surface area contributed by atoms with Crippen molar-refractivity contribution in [3.8, 4) is 11.8 Å². The van der Waals surface area contributed by atoms with Crippen LogP contribution in [0.5, 0.6) is 5.88 Å². The highest BCUT2D eigenvalue weighted by atomic mass is 28.3. The molecule has 196 valence electrons. The van der Waals surface area contributed by atoms with Gasteiger partial charge in [0.15, 0.2) is 6.79 Å². The van der Waals surface area contributed by atoms with E-state index in [1.807, 2.05) is 12.3 Å². The molecule has 0 atom stereocenters. The van der Waals surface area contributed by atoms with Crippen molar-refractivity contribution in [1.29, 1.82) is 0 Å². The van der Waals surface area contributed by atoms with E-state index in [9.17, 15) is 4.79 Å². The number of ether oxygens (including phenoxy) is 3. The van der Waals surface area contributed by atoms with E-state index in [-0.39, 0.29) is 6.79 Å². The molecule has 1 aliphatic rings. The van der Waals surface area contributed by atoms with E-state index in [1.54, 1.807) is 13.1 Å². The largest absolute Gasteiger partial charge is 0.462 e. The monoisotopic (exact) mass is 514 g/mol. The first-order valence-electron chi connectivity index (χ1n) is 12.9. The topological polar surface area (TPSA) is 96.5 Å². The Bertz CT molecular complexity index is 1150. The van der Waals surface area contributed by atoms with Gasteiger partial charge in [-0.15, -0.1) is 0 Å². The summed E-state index contributed by atoms with van der Waals surface area (Å²) in [5, 5.41) is 4.27. The maximum atomic E-state index is 12.1. The van der Waals surface area contributed by atoms with Gasteiger partial charge in [0.05, 0.1) is 23.9 Å². The SMILES string of the molecule is CCOC(=O)c1cnn(-c2nc(OCOCC[Si](C)(C)C)c3c(ccn3CCN3CCCCC3)n2)c1. The van der Waals surface area contributed by atoms with E-state index in [2.05, 4.69) is 39.2 Å². The molecule has 36 heavy (non-hydrogen) atoms. The number of likely N-dealkylation sites (tertiary alicyclic amines) is 1. The Morgan fingerprint density at radius 3 is 2.67 bits per heavy atom. The number of piperidine rings is 1. The Labute approximate surface area is 213 Å². The minimum Gasteiger partial charge on any atom is -0.462 e. The van der Waals surface area contributed by atoms with E-state index in [1.165, 1.54) is 30.1 Å². The van der Waals surface area contributed by atoms with Gasteiger partial charge in [-0.05, 0) is 45.0 Å². The standard InChI is InChI=1S/C25H38N6O4Si/c1-5-34-24(32)20-17-26-31(18-20)25-27-21-9-12-30(14-13-29-10-7-6-8-11-29)22(21)23(28-25)35-19-33-15-16-36(2,3)4/h9,12,17-18H,5-8,10-11,13-16,19H2,1-4H3. The molecule has 4 rings (SSSR count). The van der Waals surface area contributed by atoms with Gasteiger partial charge in [0, 0.05) is 40.2 Å². The Balaban J connectivity index is 1.56. The fourth-order valence-electron chi connectivity index (χ4n) is 4.17. The normalized spacial score (nSPS) is 14.9. The van der Waals surface area contributed by atoms with Crippen LogP contribution in [0.1, 0.15) is 36.5 Å². The summed E-state index contributed by atoms with van der Waals surface area (Å²) in [5.74, 6) is 0.338. The predicted molar refractivity (Wildman–Crippen MR) is 140 cm³/mol. The summed E-state index contributed by atoms with van der Waals surface area (Å²) in [7, 11) is -1.19. The quantitative estimate of drug-likeness (QED) is 0.155. The zero-order valence-electron chi connectivity index (χ0n) is 21.9. The highest BCUT2D eigenvalue weighted by Crippen LogP contribution is 2.25. The molecule has 0 N–H and O–H groups in total. The summed E-state index contributed by atoms with van der Waals surface area (Å²) in [6.07, 6.45) is 8.90. The van der Waals surface area contributed by atoms with Gasteiger partial charge in [0.2, 0.25) is 5.88 Å². The number of fused-ring (bicyclic) bond motifs is 1. The number of hydrogen-bond donors (Lipinski definition) is 0. The Morgan fingerprint density at radius 1 is 1.11 bits per heavy atom. The molecule has 11 heteroatoms. The van der Waals surface area contributed by atoms with E-state index in [0.29, 0.717) is 30.6 Å². The summed E-state index contributed by atoms with van der Waals surface area (Å²) in [5.41, 5.74) is 1.93. The van der Waals surface area contributed by atoms with Crippen LogP contribution in [0.4, 0.5) is 0 Å². The maximum absolute atomic E-state index is 12.1. The summed E-state index contributed by atoms with van der Waals surface area (Å²) < 4.78 is 20.5. The van der Waals surface area contributed by atoms with Gasteiger partial charge in [-0.3, -0.25) is 0 Å². The first-order chi connectivity index (χ1) is 17.3. The van der Waals surface area contributed by atoms with Gasteiger partial charge in [-0.25, -0.2) is 14.5 Å². The fourth-order valence-corrected chi connectivity index (χ4v) is 4.93. The molecular formula is C25H38N6O4Si. The van der Waals surface area contributed by atoms with E-state index in [4.69, 9.17) is 19.2 Å². The fraction of sp³-hybridized carbons (Fsp3) is 0.600. The average Bonchev–Trinajstić information content (AvgIpc) is 3.50. The van der Waals surface area contributed by atoms with Crippen LogP contribution in [0, 0.1) is 0 Å². The number of aromatic nitrogens is 5. The molecule has 0 aliphatic carbocycles. The van der Waals surface area contributed by atoms with Crippen molar-refractivity contribution in [3.63, 3.8) is 0 Å². The minimum absolute atomic E-state index is 0.112. The highest BCUT2D eigenvalue weighted by Gasteiger charge is 2.19. The highest BCUT2D eigenvalue weighted by molar-refractivity contribution is 6.76. The predicted octanol–water partition coefficient (Wildman–Crippen LogP) is 3.97. The van der Waals surface area contributed by atoms with Crippen LogP contribution < -0.4 is 4.74 Å². The lowest BCUT2D eigenvalue weighted by molar-refractivity contribution is 0.0200. The molecule has 4 heterocycles. The van der Waals surface area contributed by atoms with Gasteiger partial charge in [-0.2, -0.15) is 10.1 Å². The number of esters is 1. The molecule has 1 fully saturated rings. The van der Waals surface area contributed by atoms with Gasteiger partial charge in [0.1, 0.15) is 5.52 Å². The third kappa shape index (κ3) is 6.92. The summed E-state index contributed by atoms with van der Waals surface area (Å²) >= 11 is 0. The van der Waals surface area contributed by atoms with Crippen LogP contribution in [-0.2, 0) is 16.0 Å². The van der Waals surface area contributed by atoms with E-state index >= 15 is 0 Å². The average molecular weight is 515 g/mol. The van der Waals surface area contributed by atoms with Crippen molar-refractivity contribution >= 4 is 25.1 Å². The molecule has 0 saturated carbocycles. The molecule has 10 nitrogen and oxygen atoms in total. The number of nitrogens with zero attached hydrogens (tertiary/aromatic N) is 6. The van der Waals surface area contributed by atoms with Crippen molar-refractivity contribution in [1.82, 2.24) is 29.2 Å². The van der Waals surface area contributed by atoms with Crippen LogP contribution in [0.15, 0.2) is 24.7 Å². The lowest BCUT2D eigenvalue weighted by Gasteiger charge is -2.26. The van der Waals surface area contributed by atoms with E-state index in [0.717, 1.165) is 43.3 Å². The first-order valence-corrected chi connectivity index (χ1v) is 16.6. The third-order valence-electron chi connectivity index (χ3n) is 6.25. The van der Waals surface area contributed by atoms with Gasteiger partial charge in [-0.1, -0.05) is 26.1 Å². The maximum Gasteiger partial charge on any atom is 0.341 e. The summed E-state index contributed by atoms with van der Waals surface area (Å²) in [6.45, 7) is 13.9. The van der Waals surface area contributed by atoms with Crippen molar-refractivity contribution in [2.45, 2.75) is 58.4 Å². The van der Waals surface area contributed by atoms with Crippen LogP contribution in [0.25, 0.3) is 17.0 Å². The van der Waals surface area contributed by atoms with Crippen LogP contribution in [0.2, 0.25) is 25.7 Å². The lowest BCUT2D eigenvalue weighted by atomic mass is 10.1. The Kier molecular flexibility index (Phi) is 8.75. The molecule has 0 unspecified atom stereocenters.